The van der Waals surface area contributed by atoms with Gasteiger partial charge in [0.2, 0.25) is 0 Å². The second-order valence-electron chi connectivity index (χ2n) is 2.63. The van der Waals surface area contributed by atoms with Gasteiger partial charge in [-0.05, 0) is 14.1 Å². The number of hydrogen-bond donors (Lipinski definition) is 0. The van der Waals surface area contributed by atoms with E-state index in [1.54, 1.807) is 0 Å². The molecule has 0 saturated heterocycles. The summed E-state index contributed by atoms with van der Waals surface area (Å²) in [5.74, 6) is 0. The monoisotopic (exact) mass is 401 g/mol. The third-order valence-electron chi connectivity index (χ3n) is 1.26. The van der Waals surface area contributed by atoms with Gasteiger partial charge >= 0.3 is 22.4 Å². The van der Waals surface area contributed by atoms with Crippen molar-refractivity contribution in [2.75, 3.05) is 14.1 Å². The Morgan fingerprint density at radius 1 is 1.23 bits per heavy atom. The molecule has 4 heteroatoms. The molecule has 0 N–H and O–H groups in total. The van der Waals surface area contributed by atoms with Gasteiger partial charge in [0.05, 0.1) is 0 Å². The van der Waals surface area contributed by atoms with Crippen molar-refractivity contribution in [3.63, 3.8) is 0 Å². The van der Waals surface area contributed by atoms with Crippen LogP contribution in [0.3, 0.4) is 0 Å². The maximum absolute atomic E-state index is 3.16. The smallest absolute Gasteiger partial charge is 1.00 e. The molecular formula is C9H12AuCl2N. The van der Waals surface area contributed by atoms with Crippen molar-refractivity contribution in [2.24, 2.45) is 0 Å². The molecule has 0 radical (unpaired) electrons. The molecule has 13 heavy (non-hydrogen) atoms. The normalized spacial score (nSPS) is 7.92. The summed E-state index contributed by atoms with van der Waals surface area (Å²) in [6.45, 7) is 0.973. The zero-order valence-electron chi connectivity index (χ0n) is 7.52. The standard InChI is InChI=1S/C9H12N.Au.2ClH/c1-10(2)8-9-6-4-3-5-7-9;;;/h3-6H,8H2,1-2H3;;2*1H/q-1;+3;;/p-2. The van der Waals surface area contributed by atoms with Crippen LogP contribution in [0.2, 0.25) is 0 Å². The summed E-state index contributed by atoms with van der Waals surface area (Å²) < 4.78 is 0. The van der Waals surface area contributed by atoms with Gasteiger partial charge in [0.15, 0.2) is 0 Å². The SMILES string of the molecule is CN(C)Cc1[c-]cccc1.[Au+3].[Cl-].[Cl-]. The van der Waals surface area contributed by atoms with E-state index in [1.165, 1.54) is 5.56 Å². The van der Waals surface area contributed by atoms with Crippen molar-refractivity contribution in [3.8, 4) is 0 Å². The van der Waals surface area contributed by atoms with Crippen LogP contribution >= 0.6 is 0 Å². The van der Waals surface area contributed by atoms with E-state index in [4.69, 9.17) is 0 Å². The summed E-state index contributed by atoms with van der Waals surface area (Å²) in [5, 5.41) is 0. The Kier molecular flexibility index (Phi) is 15.6. The predicted molar refractivity (Wildman–Crippen MR) is 42.7 cm³/mol. The van der Waals surface area contributed by atoms with Crippen molar-refractivity contribution in [2.45, 2.75) is 6.54 Å². The van der Waals surface area contributed by atoms with Crippen molar-refractivity contribution < 1.29 is 47.2 Å². The molecule has 0 atom stereocenters. The Balaban J connectivity index is -0.000000333. The Bertz CT molecular complexity index is 192. The number of halogens is 2. The van der Waals surface area contributed by atoms with E-state index >= 15 is 0 Å². The van der Waals surface area contributed by atoms with Crippen LogP contribution in [0.4, 0.5) is 0 Å². The summed E-state index contributed by atoms with van der Waals surface area (Å²) >= 11 is 0. The molecule has 0 unspecified atom stereocenters. The average molecular weight is 402 g/mol. The molecule has 1 nitrogen and oxygen atoms in total. The van der Waals surface area contributed by atoms with Gasteiger partial charge in [-0.1, -0.05) is 0 Å². The molecule has 0 aliphatic heterocycles. The van der Waals surface area contributed by atoms with Crippen molar-refractivity contribution in [3.05, 3.63) is 35.9 Å². The van der Waals surface area contributed by atoms with E-state index in [9.17, 15) is 0 Å². The molecule has 1 aromatic rings. The fraction of sp³-hybridized carbons (Fsp3) is 0.333. The second-order valence-corrected chi connectivity index (χ2v) is 2.63. The van der Waals surface area contributed by atoms with E-state index in [0.717, 1.165) is 6.54 Å². The van der Waals surface area contributed by atoms with Crippen molar-refractivity contribution >= 4 is 0 Å². The molecule has 0 aliphatic rings. The maximum atomic E-state index is 3.16. The van der Waals surface area contributed by atoms with Gasteiger partial charge in [0, 0.05) is 6.54 Å². The first kappa shape index (κ1) is 19.1. The van der Waals surface area contributed by atoms with Gasteiger partial charge in [0.25, 0.3) is 0 Å². The van der Waals surface area contributed by atoms with Gasteiger partial charge in [-0.2, -0.15) is 30.3 Å². The zero-order chi connectivity index (χ0) is 7.40. The predicted octanol–water partition coefficient (Wildman–Crippen LogP) is -4.45. The van der Waals surface area contributed by atoms with Crippen LogP contribution in [0.5, 0.6) is 0 Å². The largest absolute Gasteiger partial charge is 3.00 e. The summed E-state index contributed by atoms with van der Waals surface area (Å²) in [5.41, 5.74) is 1.24. The average Bonchev–Trinajstić information content (AvgIpc) is 1.88. The van der Waals surface area contributed by atoms with Crippen LogP contribution in [0, 0.1) is 6.07 Å². The number of rotatable bonds is 2. The van der Waals surface area contributed by atoms with Crippen LogP contribution in [-0.2, 0) is 28.9 Å². The quantitative estimate of drug-likeness (QED) is 0.357. The third kappa shape index (κ3) is 8.82. The van der Waals surface area contributed by atoms with Gasteiger partial charge in [-0.3, -0.25) is 0 Å². The molecule has 0 heterocycles. The molecule has 78 valence electrons. The Hall–Kier alpha value is 0.500. The fourth-order valence-electron chi connectivity index (χ4n) is 0.870. The van der Waals surface area contributed by atoms with E-state index in [1.807, 2.05) is 18.2 Å². The molecular weight excluding hydrogens is 390 g/mol. The number of hydrogen-bond acceptors (Lipinski definition) is 1. The van der Waals surface area contributed by atoms with Gasteiger partial charge < -0.3 is 29.7 Å². The van der Waals surface area contributed by atoms with E-state index in [2.05, 4.69) is 31.1 Å². The number of benzene rings is 1. The van der Waals surface area contributed by atoms with E-state index < -0.39 is 0 Å². The summed E-state index contributed by atoms with van der Waals surface area (Å²) in [4.78, 5) is 2.13. The van der Waals surface area contributed by atoms with Gasteiger partial charge in [-0.25, -0.2) is 0 Å². The summed E-state index contributed by atoms with van der Waals surface area (Å²) in [7, 11) is 4.11. The molecule has 0 spiro atoms. The van der Waals surface area contributed by atoms with Gasteiger partial charge in [-0.15, -0.1) is 5.56 Å². The van der Waals surface area contributed by atoms with E-state index in [0.29, 0.717) is 0 Å². The molecule has 0 amide bonds. The van der Waals surface area contributed by atoms with Crippen LogP contribution < -0.4 is 24.8 Å². The van der Waals surface area contributed by atoms with Gasteiger partial charge in [0.1, 0.15) is 0 Å². The topological polar surface area (TPSA) is 3.24 Å². The van der Waals surface area contributed by atoms with Crippen molar-refractivity contribution in [1.82, 2.24) is 4.90 Å². The Morgan fingerprint density at radius 2 is 1.85 bits per heavy atom. The molecule has 0 aromatic heterocycles. The summed E-state index contributed by atoms with van der Waals surface area (Å²) in [6, 6.07) is 11.2. The molecule has 0 fully saturated rings. The Labute approximate surface area is 108 Å². The summed E-state index contributed by atoms with van der Waals surface area (Å²) in [6.07, 6.45) is 0. The molecule has 1 rings (SSSR count). The van der Waals surface area contributed by atoms with Crippen LogP contribution in [-0.4, -0.2) is 19.0 Å². The maximum Gasteiger partial charge on any atom is 3.00 e. The Morgan fingerprint density at radius 3 is 2.23 bits per heavy atom. The molecule has 1 aromatic carbocycles. The van der Waals surface area contributed by atoms with Crippen molar-refractivity contribution in [1.29, 1.82) is 0 Å². The number of nitrogens with zero attached hydrogens (tertiary/aromatic N) is 1. The first-order valence-corrected chi connectivity index (χ1v) is 3.39. The third-order valence-corrected chi connectivity index (χ3v) is 1.26. The molecule has 0 bridgehead atoms. The first-order valence-electron chi connectivity index (χ1n) is 3.39. The second kappa shape index (κ2) is 10.6. The minimum absolute atomic E-state index is 0. The molecule has 0 aliphatic carbocycles. The van der Waals surface area contributed by atoms with Crippen LogP contribution in [0.1, 0.15) is 5.56 Å². The van der Waals surface area contributed by atoms with Crippen LogP contribution in [0.15, 0.2) is 24.3 Å². The van der Waals surface area contributed by atoms with Crippen LogP contribution in [0.25, 0.3) is 0 Å². The zero-order valence-corrected chi connectivity index (χ0v) is 11.2. The van der Waals surface area contributed by atoms with E-state index in [-0.39, 0.29) is 47.2 Å². The first-order chi connectivity index (χ1) is 4.79. The fourth-order valence-corrected chi connectivity index (χ4v) is 0.870. The minimum atomic E-state index is 0. The molecule has 0 saturated carbocycles. The minimum Gasteiger partial charge on any atom is -1.00 e.